The predicted octanol–water partition coefficient (Wildman–Crippen LogP) is 1.86. The van der Waals surface area contributed by atoms with Gasteiger partial charge in [0.1, 0.15) is 5.82 Å². The van der Waals surface area contributed by atoms with Gasteiger partial charge in [-0.25, -0.2) is 4.39 Å². The third kappa shape index (κ3) is 2.11. The summed E-state index contributed by atoms with van der Waals surface area (Å²) >= 11 is 0. The summed E-state index contributed by atoms with van der Waals surface area (Å²) in [6.07, 6.45) is 3.24. The molecule has 0 radical (unpaired) electrons. The molecule has 0 unspecified atom stereocenters. The van der Waals surface area contributed by atoms with Gasteiger partial charge in [0, 0.05) is 12.0 Å². The summed E-state index contributed by atoms with van der Waals surface area (Å²) in [5.74, 6) is -0.225. The molecule has 3 heteroatoms. The molecule has 0 spiro atoms. The van der Waals surface area contributed by atoms with E-state index in [0.29, 0.717) is 6.54 Å². The van der Waals surface area contributed by atoms with Crippen molar-refractivity contribution >= 4 is 0 Å². The van der Waals surface area contributed by atoms with Crippen molar-refractivity contribution in [1.82, 2.24) is 0 Å². The van der Waals surface area contributed by atoms with Gasteiger partial charge in [0.25, 0.3) is 0 Å². The summed E-state index contributed by atoms with van der Waals surface area (Å²) in [6.45, 7) is 0.492. The van der Waals surface area contributed by atoms with Gasteiger partial charge in [-0.3, -0.25) is 0 Å². The Morgan fingerprint density at radius 2 is 2.06 bits per heavy atom. The van der Waals surface area contributed by atoms with E-state index in [2.05, 4.69) is 0 Å². The van der Waals surface area contributed by atoms with Gasteiger partial charge < -0.3 is 10.8 Å². The molecule has 16 heavy (non-hydrogen) atoms. The van der Waals surface area contributed by atoms with Crippen molar-refractivity contribution in [2.45, 2.75) is 31.8 Å². The Labute approximate surface area is 95.3 Å². The van der Waals surface area contributed by atoms with E-state index in [1.165, 1.54) is 12.1 Å². The van der Waals surface area contributed by atoms with Crippen molar-refractivity contribution in [2.75, 3.05) is 6.54 Å². The Morgan fingerprint density at radius 1 is 1.38 bits per heavy atom. The second-order valence-corrected chi connectivity index (χ2v) is 4.78. The van der Waals surface area contributed by atoms with Gasteiger partial charge in [0.2, 0.25) is 0 Å². The normalized spacial score (nSPS) is 29.6. The second-order valence-electron chi connectivity index (χ2n) is 4.78. The number of nitrogens with two attached hydrogens (primary N) is 1. The summed E-state index contributed by atoms with van der Waals surface area (Å²) in [7, 11) is 0. The van der Waals surface area contributed by atoms with E-state index in [4.69, 9.17) is 5.73 Å². The van der Waals surface area contributed by atoms with Gasteiger partial charge in [0.05, 0.1) is 6.10 Å². The molecule has 0 heterocycles. The highest BCUT2D eigenvalue weighted by Crippen LogP contribution is 2.40. The SMILES string of the molecule is NC[C@@]1(Cc2ccc(F)cc2)CCC[C@@H]1O. The molecule has 2 atom stereocenters. The predicted molar refractivity (Wildman–Crippen MR) is 61.4 cm³/mol. The van der Waals surface area contributed by atoms with Crippen LogP contribution in [0.3, 0.4) is 0 Å². The van der Waals surface area contributed by atoms with Gasteiger partial charge >= 0.3 is 0 Å². The van der Waals surface area contributed by atoms with E-state index in [1.807, 2.05) is 0 Å². The quantitative estimate of drug-likeness (QED) is 0.821. The third-order valence-corrected chi connectivity index (χ3v) is 3.74. The molecule has 1 aliphatic carbocycles. The average Bonchev–Trinajstić information content (AvgIpc) is 2.64. The number of halogens is 1. The van der Waals surface area contributed by atoms with Crippen LogP contribution in [0.1, 0.15) is 24.8 Å². The highest BCUT2D eigenvalue weighted by atomic mass is 19.1. The van der Waals surface area contributed by atoms with E-state index >= 15 is 0 Å². The molecule has 2 rings (SSSR count). The molecule has 2 nitrogen and oxygen atoms in total. The van der Waals surface area contributed by atoms with Crippen LogP contribution in [0.2, 0.25) is 0 Å². The molecule has 0 saturated heterocycles. The molecule has 1 aromatic carbocycles. The van der Waals surface area contributed by atoms with E-state index < -0.39 is 0 Å². The molecule has 1 aliphatic rings. The van der Waals surface area contributed by atoms with Gasteiger partial charge in [-0.15, -0.1) is 0 Å². The maximum Gasteiger partial charge on any atom is 0.123 e. The standard InChI is InChI=1S/C13H18FNO/c14-11-5-3-10(4-6-11)8-13(9-15)7-1-2-12(13)16/h3-6,12,16H,1-2,7-9,15H2/t12-,13-/m0/s1. The van der Waals surface area contributed by atoms with Crippen molar-refractivity contribution in [3.63, 3.8) is 0 Å². The van der Waals surface area contributed by atoms with Crippen LogP contribution in [-0.4, -0.2) is 17.8 Å². The number of rotatable bonds is 3. The molecule has 1 fully saturated rings. The van der Waals surface area contributed by atoms with E-state index in [-0.39, 0.29) is 17.3 Å². The second kappa shape index (κ2) is 4.52. The first-order valence-electron chi connectivity index (χ1n) is 5.79. The molecular formula is C13H18FNO. The van der Waals surface area contributed by atoms with Crippen molar-refractivity contribution in [3.05, 3.63) is 35.6 Å². The minimum Gasteiger partial charge on any atom is -0.392 e. The fourth-order valence-electron chi connectivity index (χ4n) is 2.65. The van der Waals surface area contributed by atoms with Crippen LogP contribution < -0.4 is 5.73 Å². The lowest BCUT2D eigenvalue weighted by atomic mass is 9.78. The van der Waals surface area contributed by atoms with Crippen LogP contribution in [-0.2, 0) is 6.42 Å². The van der Waals surface area contributed by atoms with Crippen LogP contribution in [0.5, 0.6) is 0 Å². The van der Waals surface area contributed by atoms with E-state index in [1.54, 1.807) is 12.1 Å². The first kappa shape index (κ1) is 11.6. The lowest BCUT2D eigenvalue weighted by molar-refractivity contribution is 0.0588. The largest absolute Gasteiger partial charge is 0.392 e. The fourth-order valence-corrected chi connectivity index (χ4v) is 2.65. The Balaban J connectivity index is 2.15. The number of aliphatic hydroxyl groups excluding tert-OH is 1. The zero-order valence-electron chi connectivity index (χ0n) is 9.32. The Kier molecular flexibility index (Phi) is 3.26. The monoisotopic (exact) mass is 223 g/mol. The summed E-state index contributed by atoms with van der Waals surface area (Å²) in [5.41, 5.74) is 6.66. The minimum atomic E-state index is -0.317. The van der Waals surface area contributed by atoms with Crippen LogP contribution in [0.15, 0.2) is 24.3 Å². The maximum atomic E-state index is 12.8. The zero-order valence-corrected chi connectivity index (χ0v) is 9.32. The van der Waals surface area contributed by atoms with Gasteiger partial charge in [0.15, 0.2) is 0 Å². The first-order chi connectivity index (χ1) is 7.66. The molecular weight excluding hydrogens is 205 g/mol. The Bertz CT molecular complexity index is 351. The van der Waals surface area contributed by atoms with Crippen LogP contribution in [0, 0.1) is 11.2 Å². The highest BCUT2D eigenvalue weighted by molar-refractivity contribution is 5.19. The topological polar surface area (TPSA) is 46.2 Å². The van der Waals surface area contributed by atoms with Crippen LogP contribution in [0.4, 0.5) is 4.39 Å². The molecule has 0 amide bonds. The fraction of sp³-hybridized carbons (Fsp3) is 0.538. The average molecular weight is 223 g/mol. The molecule has 0 aromatic heterocycles. The lowest BCUT2D eigenvalue weighted by Gasteiger charge is -2.31. The molecule has 1 saturated carbocycles. The van der Waals surface area contributed by atoms with Gasteiger partial charge in [-0.2, -0.15) is 0 Å². The minimum absolute atomic E-state index is 0.197. The van der Waals surface area contributed by atoms with E-state index in [9.17, 15) is 9.50 Å². The lowest BCUT2D eigenvalue weighted by Crippen LogP contribution is -2.39. The summed E-state index contributed by atoms with van der Waals surface area (Å²) < 4.78 is 12.8. The van der Waals surface area contributed by atoms with Crippen molar-refractivity contribution in [1.29, 1.82) is 0 Å². The Hall–Kier alpha value is -0.930. The van der Waals surface area contributed by atoms with Crippen molar-refractivity contribution < 1.29 is 9.50 Å². The van der Waals surface area contributed by atoms with E-state index in [0.717, 1.165) is 31.2 Å². The summed E-state index contributed by atoms with van der Waals surface area (Å²) in [4.78, 5) is 0. The highest BCUT2D eigenvalue weighted by Gasteiger charge is 2.40. The summed E-state index contributed by atoms with van der Waals surface area (Å²) in [6, 6.07) is 6.47. The molecule has 1 aromatic rings. The van der Waals surface area contributed by atoms with Crippen molar-refractivity contribution in [2.24, 2.45) is 11.1 Å². The van der Waals surface area contributed by atoms with Gasteiger partial charge in [-0.05, 0) is 37.0 Å². The summed E-state index contributed by atoms with van der Waals surface area (Å²) in [5, 5.41) is 10.0. The molecule has 88 valence electrons. The van der Waals surface area contributed by atoms with Crippen LogP contribution in [0.25, 0.3) is 0 Å². The molecule has 0 bridgehead atoms. The maximum absolute atomic E-state index is 12.8. The smallest absolute Gasteiger partial charge is 0.123 e. The van der Waals surface area contributed by atoms with Crippen molar-refractivity contribution in [3.8, 4) is 0 Å². The number of benzene rings is 1. The molecule has 0 aliphatic heterocycles. The number of hydrogen-bond acceptors (Lipinski definition) is 2. The Morgan fingerprint density at radius 3 is 2.56 bits per heavy atom. The number of hydrogen-bond donors (Lipinski definition) is 2. The number of aliphatic hydroxyl groups is 1. The third-order valence-electron chi connectivity index (χ3n) is 3.74. The zero-order chi connectivity index (χ0) is 11.6. The van der Waals surface area contributed by atoms with Gasteiger partial charge in [-0.1, -0.05) is 18.6 Å². The van der Waals surface area contributed by atoms with Crippen LogP contribution >= 0.6 is 0 Å². The first-order valence-corrected chi connectivity index (χ1v) is 5.79. The molecule has 3 N–H and O–H groups in total.